The van der Waals surface area contributed by atoms with Crippen LogP contribution in [0.4, 0.5) is 0 Å². The van der Waals surface area contributed by atoms with Crippen molar-refractivity contribution in [1.29, 1.82) is 0 Å². The van der Waals surface area contributed by atoms with E-state index < -0.39 is 8.80 Å². The molecular weight excluding hydrogens is 389 g/mol. The summed E-state index contributed by atoms with van der Waals surface area (Å²) in [6.45, 7) is 0. The first kappa shape index (κ1) is 19.5. The van der Waals surface area contributed by atoms with Crippen molar-refractivity contribution in [1.82, 2.24) is 9.97 Å². The highest BCUT2D eigenvalue weighted by molar-refractivity contribution is 9.26. The third-order valence-electron chi connectivity index (χ3n) is 3.20. The molecule has 128 valence electrons. The van der Waals surface area contributed by atoms with Crippen LogP contribution in [0.15, 0.2) is 29.4 Å². The van der Waals surface area contributed by atoms with E-state index in [1.165, 1.54) is 0 Å². The smallest absolute Gasteiger partial charge is 0.377 e. The van der Waals surface area contributed by atoms with E-state index in [1.54, 1.807) is 51.8 Å². The van der Waals surface area contributed by atoms with E-state index in [0.717, 1.165) is 34.4 Å². The summed E-state index contributed by atoms with van der Waals surface area (Å²) in [6.07, 6.45) is 1.01. The van der Waals surface area contributed by atoms with Crippen molar-refractivity contribution in [3.05, 3.63) is 24.3 Å². The van der Waals surface area contributed by atoms with Crippen LogP contribution in [0, 0.1) is 0 Å². The summed E-state index contributed by atoms with van der Waals surface area (Å²) in [5.41, 5.74) is 2.08. The monoisotopic (exact) mass is 408 g/mol. The summed E-state index contributed by atoms with van der Waals surface area (Å²) in [4.78, 5) is 7.84. The minimum atomic E-state index is -2.41. The summed E-state index contributed by atoms with van der Waals surface area (Å²) >= 11 is 0. The number of H-pyrrole nitrogens is 1. The first-order valence-corrected chi connectivity index (χ1v) is 13.9. The van der Waals surface area contributed by atoms with Crippen LogP contribution < -0.4 is 0 Å². The average Bonchev–Trinajstić information content (AvgIpc) is 3.01. The van der Waals surface area contributed by atoms with Crippen LogP contribution in [0.2, 0.25) is 6.04 Å². The third-order valence-corrected chi connectivity index (χ3v) is 12.2. The summed E-state index contributed by atoms with van der Waals surface area (Å²) in [6, 6.07) is 8.90. The maximum Gasteiger partial charge on any atom is 0.500 e. The molecule has 0 unspecified atom stereocenters. The molecule has 0 fully saturated rings. The molecule has 2 aromatic rings. The van der Waals surface area contributed by atoms with Gasteiger partial charge in [0.25, 0.3) is 0 Å². The average molecular weight is 409 g/mol. The van der Waals surface area contributed by atoms with Gasteiger partial charge >= 0.3 is 8.80 Å². The van der Waals surface area contributed by atoms with E-state index >= 15 is 0 Å². The minimum Gasteiger partial charge on any atom is -0.377 e. The van der Waals surface area contributed by atoms with Crippen LogP contribution >= 0.6 is 41.2 Å². The van der Waals surface area contributed by atoms with Gasteiger partial charge in [0.1, 0.15) is 0 Å². The molecule has 2 rings (SSSR count). The molecule has 0 saturated heterocycles. The Balaban J connectivity index is 1.61. The van der Waals surface area contributed by atoms with E-state index in [9.17, 15) is 0 Å². The molecule has 0 radical (unpaired) electrons. The second kappa shape index (κ2) is 10.2. The summed E-state index contributed by atoms with van der Waals surface area (Å²) in [7, 11) is 9.51. The Morgan fingerprint density at radius 2 is 1.83 bits per heavy atom. The van der Waals surface area contributed by atoms with Gasteiger partial charge in [-0.2, -0.15) is 0 Å². The molecule has 0 saturated carbocycles. The Morgan fingerprint density at radius 1 is 1.09 bits per heavy atom. The van der Waals surface area contributed by atoms with E-state index in [0.29, 0.717) is 0 Å². The number of nitrogens with one attached hydrogen (secondary N) is 1. The predicted octanol–water partition coefficient (Wildman–Crippen LogP) is 4.87. The Hall–Kier alpha value is 0.187. The van der Waals surface area contributed by atoms with Crippen molar-refractivity contribution in [3.63, 3.8) is 0 Å². The van der Waals surface area contributed by atoms with Crippen LogP contribution in [0.5, 0.6) is 0 Å². The van der Waals surface area contributed by atoms with Crippen LogP contribution in [-0.2, 0) is 13.3 Å². The first-order chi connectivity index (χ1) is 11.2. The van der Waals surface area contributed by atoms with Gasteiger partial charge in [-0.3, -0.25) is 0 Å². The number of nitrogens with zero attached hydrogens (tertiary/aromatic N) is 1. The molecule has 0 amide bonds. The van der Waals surface area contributed by atoms with Gasteiger partial charge in [0.2, 0.25) is 0 Å². The zero-order valence-corrected chi connectivity index (χ0v) is 17.5. The molecule has 0 spiro atoms. The minimum absolute atomic E-state index is 0.839. The van der Waals surface area contributed by atoms with Crippen LogP contribution in [0.25, 0.3) is 11.0 Å². The molecule has 0 aliphatic carbocycles. The molecule has 0 atom stereocenters. The Morgan fingerprint density at radius 3 is 2.52 bits per heavy atom. The lowest BCUT2D eigenvalue weighted by molar-refractivity contribution is 0.123. The van der Waals surface area contributed by atoms with Crippen molar-refractivity contribution in [2.45, 2.75) is 17.6 Å². The summed E-state index contributed by atoms with van der Waals surface area (Å²) in [5, 5.41) is 0.939. The lowest BCUT2D eigenvalue weighted by Crippen LogP contribution is -2.42. The summed E-state index contributed by atoms with van der Waals surface area (Å²) < 4.78 is 16.2. The number of fused-ring (bicyclic) bond motifs is 1. The van der Waals surface area contributed by atoms with E-state index in [2.05, 4.69) is 9.97 Å². The highest BCUT2D eigenvalue weighted by Crippen LogP contribution is 2.46. The van der Waals surface area contributed by atoms with Crippen molar-refractivity contribution in [2.24, 2.45) is 0 Å². The fourth-order valence-corrected chi connectivity index (χ4v) is 9.50. The Kier molecular flexibility index (Phi) is 8.69. The van der Waals surface area contributed by atoms with Gasteiger partial charge in [-0.25, -0.2) is 4.98 Å². The van der Waals surface area contributed by atoms with E-state index in [1.807, 2.05) is 35.1 Å². The Labute approximate surface area is 153 Å². The molecule has 5 nitrogen and oxygen atoms in total. The lowest BCUT2D eigenvalue weighted by Gasteiger charge is -2.23. The van der Waals surface area contributed by atoms with Gasteiger partial charge in [0, 0.05) is 33.1 Å². The number of benzene rings is 1. The predicted molar refractivity (Wildman–Crippen MR) is 106 cm³/mol. The third kappa shape index (κ3) is 5.89. The fraction of sp³-hybridized carbons (Fsp3) is 0.462. The van der Waals surface area contributed by atoms with Crippen LogP contribution in [-0.4, -0.2) is 45.9 Å². The molecule has 23 heavy (non-hydrogen) atoms. The molecule has 0 aliphatic rings. The molecule has 1 N–H and O–H groups in total. The molecule has 10 heteroatoms. The topological polar surface area (TPSA) is 56.4 Å². The van der Waals surface area contributed by atoms with Gasteiger partial charge in [0.15, 0.2) is 5.16 Å². The van der Waals surface area contributed by atoms with Crippen LogP contribution in [0.3, 0.4) is 0 Å². The maximum atomic E-state index is 5.41. The van der Waals surface area contributed by atoms with Gasteiger partial charge < -0.3 is 18.3 Å². The number of hydrogen-bond donors (Lipinski definition) is 1. The zero-order valence-electron chi connectivity index (χ0n) is 13.2. The fourth-order valence-electron chi connectivity index (χ4n) is 1.97. The zero-order chi connectivity index (χ0) is 16.5. The summed E-state index contributed by atoms with van der Waals surface area (Å²) in [5.74, 6) is 1.03. The van der Waals surface area contributed by atoms with E-state index in [-0.39, 0.29) is 0 Å². The number of rotatable bonds is 11. The number of aromatic amines is 1. The number of hydrogen-bond acceptors (Lipinski definition) is 8. The van der Waals surface area contributed by atoms with Gasteiger partial charge in [-0.05, 0) is 49.0 Å². The molecule has 0 aliphatic heterocycles. The molecule has 1 heterocycles. The molecule has 0 bridgehead atoms. The van der Waals surface area contributed by atoms with Crippen molar-refractivity contribution in [3.8, 4) is 0 Å². The Bertz CT molecular complexity index is 556. The number of para-hydroxylation sites is 2. The SMILES string of the molecule is CO[Si](CCCSSSSc1nc2ccccc2[nH]1)(OC)OC. The molecule has 1 aromatic carbocycles. The normalized spacial score (nSPS) is 12.1. The van der Waals surface area contributed by atoms with Crippen molar-refractivity contribution >= 4 is 61.1 Å². The van der Waals surface area contributed by atoms with Gasteiger partial charge in [0.05, 0.1) is 11.0 Å². The second-order valence-electron chi connectivity index (χ2n) is 4.50. The standard InChI is InChI=1S/C13H20N2O3S4Si/c1-16-23(17-2,18-3)10-6-9-19-21-22-20-13-14-11-7-4-5-8-12(11)15-13/h4-5,7-8H,6,9-10H2,1-3H3,(H,14,15). The van der Waals surface area contributed by atoms with Crippen LogP contribution in [0.1, 0.15) is 6.42 Å². The highest BCUT2D eigenvalue weighted by Gasteiger charge is 2.36. The molecular formula is C13H20N2O3S4Si. The van der Waals surface area contributed by atoms with Gasteiger partial charge in [-0.1, -0.05) is 22.9 Å². The van der Waals surface area contributed by atoms with Gasteiger partial charge in [-0.15, -0.1) is 0 Å². The highest BCUT2D eigenvalue weighted by atomic mass is 33.7. The number of imidazole rings is 1. The van der Waals surface area contributed by atoms with Crippen molar-refractivity contribution < 1.29 is 13.3 Å². The maximum absolute atomic E-state index is 5.41. The van der Waals surface area contributed by atoms with Crippen molar-refractivity contribution in [2.75, 3.05) is 27.1 Å². The largest absolute Gasteiger partial charge is 0.500 e. The second-order valence-corrected chi connectivity index (χ2v) is 13.5. The van der Waals surface area contributed by atoms with E-state index in [4.69, 9.17) is 13.3 Å². The quantitative estimate of drug-likeness (QED) is 0.321. The first-order valence-electron chi connectivity index (χ1n) is 6.96. The lowest BCUT2D eigenvalue weighted by atomic mass is 10.3. The number of aromatic nitrogens is 2. The molecule has 1 aromatic heterocycles.